The van der Waals surface area contributed by atoms with Gasteiger partial charge in [0.1, 0.15) is 11.5 Å². The molecule has 2 rings (SSSR count). The van der Waals surface area contributed by atoms with E-state index in [4.69, 9.17) is 9.52 Å². The molecular formula is C14H12N2O4. The molecule has 0 saturated carbocycles. The lowest BCUT2D eigenvalue weighted by Crippen LogP contribution is -2.12. The zero-order valence-corrected chi connectivity index (χ0v) is 10.7. The Balaban J connectivity index is 2.14. The number of nitrogens with one attached hydrogen (secondary N) is 1. The molecule has 1 aromatic carbocycles. The van der Waals surface area contributed by atoms with Crippen molar-refractivity contribution in [1.29, 1.82) is 0 Å². The van der Waals surface area contributed by atoms with Crippen LogP contribution in [-0.2, 0) is 4.79 Å². The zero-order valence-electron chi connectivity index (χ0n) is 10.7. The van der Waals surface area contributed by atoms with Crippen LogP contribution in [0.3, 0.4) is 0 Å². The SMILES string of the molecule is CC(=O)N/N=C\c1ccc(-c2ccc(C(=O)O)cc2)o1. The number of carboxylic acids is 1. The van der Waals surface area contributed by atoms with Crippen molar-refractivity contribution in [2.75, 3.05) is 0 Å². The lowest BCUT2D eigenvalue weighted by atomic mass is 10.1. The number of furan rings is 1. The normalized spacial score (nSPS) is 10.7. The van der Waals surface area contributed by atoms with Gasteiger partial charge < -0.3 is 9.52 Å². The van der Waals surface area contributed by atoms with Crippen molar-refractivity contribution in [1.82, 2.24) is 5.43 Å². The second kappa shape index (κ2) is 5.83. The summed E-state index contributed by atoms with van der Waals surface area (Å²) in [5, 5.41) is 12.5. The number of nitrogens with zero attached hydrogens (tertiary/aromatic N) is 1. The van der Waals surface area contributed by atoms with Crippen LogP contribution in [0.25, 0.3) is 11.3 Å². The maximum Gasteiger partial charge on any atom is 0.335 e. The van der Waals surface area contributed by atoms with Crippen molar-refractivity contribution in [3.8, 4) is 11.3 Å². The summed E-state index contributed by atoms with van der Waals surface area (Å²) < 4.78 is 5.50. The molecule has 0 saturated heterocycles. The summed E-state index contributed by atoms with van der Waals surface area (Å²) in [7, 11) is 0. The third kappa shape index (κ3) is 3.32. The van der Waals surface area contributed by atoms with Gasteiger partial charge in [-0.2, -0.15) is 5.10 Å². The minimum atomic E-state index is -0.973. The van der Waals surface area contributed by atoms with Gasteiger partial charge in [-0.25, -0.2) is 10.2 Å². The quantitative estimate of drug-likeness (QED) is 0.658. The third-order valence-corrected chi connectivity index (χ3v) is 2.46. The molecule has 6 nitrogen and oxygen atoms in total. The molecular weight excluding hydrogens is 260 g/mol. The number of carbonyl (C=O) groups is 2. The highest BCUT2D eigenvalue weighted by atomic mass is 16.4. The monoisotopic (exact) mass is 272 g/mol. The number of amides is 1. The topological polar surface area (TPSA) is 91.9 Å². The fourth-order valence-electron chi connectivity index (χ4n) is 1.54. The number of carbonyl (C=O) groups excluding carboxylic acids is 1. The summed E-state index contributed by atoms with van der Waals surface area (Å²) in [6.07, 6.45) is 1.39. The number of hydrogen-bond donors (Lipinski definition) is 2. The van der Waals surface area contributed by atoms with Crippen LogP contribution in [0.2, 0.25) is 0 Å². The molecule has 0 aliphatic rings. The van der Waals surface area contributed by atoms with E-state index in [2.05, 4.69) is 10.5 Å². The smallest absolute Gasteiger partial charge is 0.335 e. The average molecular weight is 272 g/mol. The Kier molecular flexibility index (Phi) is 3.95. The molecule has 6 heteroatoms. The molecule has 0 atom stereocenters. The molecule has 0 aliphatic heterocycles. The van der Waals surface area contributed by atoms with E-state index in [0.29, 0.717) is 11.5 Å². The minimum Gasteiger partial charge on any atom is -0.478 e. The number of aromatic carboxylic acids is 1. The fourth-order valence-corrected chi connectivity index (χ4v) is 1.54. The van der Waals surface area contributed by atoms with E-state index in [-0.39, 0.29) is 11.5 Å². The van der Waals surface area contributed by atoms with Gasteiger partial charge in [0.2, 0.25) is 5.91 Å². The predicted molar refractivity (Wildman–Crippen MR) is 72.5 cm³/mol. The van der Waals surface area contributed by atoms with Gasteiger partial charge in [0.25, 0.3) is 0 Å². The van der Waals surface area contributed by atoms with E-state index in [1.54, 1.807) is 24.3 Å². The lowest BCUT2D eigenvalue weighted by molar-refractivity contribution is -0.118. The van der Waals surface area contributed by atoms with Gasteiger partial charge in [-0.05, 0) is 24.3 Å². The van der Waals surface area contributed by atoms with Gasteiger partial charge in [0, 0.05) is 12.5 Å². The van der Waals surface area contributed by atoms with Crippen LogP contribution in [0.5, 0.6) is 0 Å². The summed E-state index contributed by atoms with van der Waals surface area (Å²) >= 11 is 0. The summed E-state index contributed by atoms with van der Waals surface area (Å²) in [6, 6.07) is 9.78. The molecule has 2 aromatic rings. The molecule has 0 spiro atoms. The van der Waals surface area contributed by atoms with Crippen LogP contribution < -0.4 is 5.43 Å². The lowest BCUT2D eigenvalue weighted by Gasteiger charge is -1.98. The van der Waals surface area contributed by atoms with E-state index in [1.807, 2.05) is 0 Å². The van der Waals surface area contributed by atoms with Crippen molar-refractivity contribution < 1.29 is 19.1 Å². The second-order valence-corrected chi connectivity index (χ2v) is 4.01. The Morgan fingerprint density at radius 1 is 1.20 bits per heavy atom. The fraction of sp³-hybridized carbons (Fsp3) is 0.0714. The molecule has 20 heavy (non-hydrogen) atoms. The first-order chi connectivity index (χ1) is 9.56. The van der Waals surface area contributed by atoms with Crippen molar-refractivity contribution >= 4 is 18.1 Å². The van der Waals surface area contributed by atoms with E-state index in [1.165, 1.54) is 25.3 Å². The molecule has 1 amide bonds. The van der Waals surface area contributed by atoms with E-state index in [9.17, 15) is 9.59 Å². The number of hydrazone groups is 1. The van der Waals surface area contributed by atoms with Gasteiger partial charge in [-0.3, -0.25) is 4.79 Å². The van der Waals surface area contributed by atoms with E-state index >= 15 is 0 Å². The van der Waals surface area contributed by atoms with E-state index < -0.39 is 5.97 Å². The van der Waals surface area contributed by atoms with Gasteiger partial charge in [0.15, 0.2) is 0 Å². The van der Waals surface area contributed by atoms with Gasteiger partial charge in [-0.1, -0.05) is 12.1 Å². The van der Waals surface area contributed by atoms with Crippen LogP contribution in [0.1, 0.15) is 23.0 Å². The maximum absolute atomic E-state index is 10.8. The number of rotatable bonds is 4. The van der Waals surface area contributed by atoms with Crippen LogP contribution in [-0.4, -0.2) is 23.2 Å². The van der Waals surface area contributed by atoms with Gasteiger partial charge >= 0.3 is 5.97 Å². The molecule has 0 bridgehead atoms. The van der Waals surface area contributed by atoms with Crippen molar-refractivity contribution in [3.63, 3.8) is 0 Å². The largest absolute Gasteiger partial charge is 0.478 e. The molecule has 1 heterocycles. The highest BCUT2D eigenvalue weighted by molar-refractivity contribution is 5.88. The minimum absolute atomic E-state index is 0.216. The first-order valence-corrected chi connectivity index (χ1v) is 5.79. The number of benzene rings is 1. The molecule has 0 aliphatic carbocycles. The molecule has 0 unspecified atom stereocenters. The zero-order chi connectivity index (χ0) is 14.5. The Morgan fingerprint density at radius 3 is 2.50 bits per heavy atom. The number of carboxylic acid groups (broad SMARTS) is 1. The van der Waals surface area contributed by atoms with Crippen LogP contribution in [0.4, 0.5) is 0 Å². The van der Waals surface area contributed by atoms with Gasteiger partial charge in [0.05, 0.1) is 11.8 Å². The first-order valence-electron chi connectivity index (χ1n) is 5.79. The first kappa shape index (κ1) is 13.5. The molecule has 1 aromatic heterocycles. The third-order valence-electron chi connectivity index (χ3n) is 2.46. The van der Waals surface area contributed by atoms with Crippen LogP contribution in [0.15, 0.2) is 45.9 Å². The Bertz CT molecular complexity index is 656. The molecule has 0 radical (unpaired) electrons. The van der Waals surface area contributed by atoms with Crippen molar-refractivity contribution in [3.05, 3.63) is 47.7 Å². The predicted octanol–water partition coefficient (Wildman–Crippen LogP) is 2.11. The Hall–Kier alpha value is -2.89. The highest BCUT2D eigenvalue weighted by Crippen LogP contribution is 2.21. The van der Waals surface area contributed by atoms with Crippen LogP contribution >= 0.6 is 0 Å². The summed E-state index contributed by atoms with van der Waals surface area (Å²) in [5.41, 5.74) is 3.24. The Labute approximate surface area is 114 Å². The average Bonchev–Trinajstić information content (AvgIpc) is 2.87. The molecule has 2 N–H and O–H groups in total. The maximum atomic E-state index is 10.8. The highest BCUT2D eigenvalue weighted by Gasteiger charge is 2.06. The van der Waals surface area contributed by atoms with Gasteiger partial charge in [-0.15, -0.1) is 0 Å². The number of hydrogen-bond acceptors (Lipinski definition) is 4. The summed E-state index contributed by atoms with van der Waals surface area (Å²) in [6.45, 7) is 1.36. The summed E-state index contributed by atoms with van der Waals surface area (Å²) in [4.78, 5) is 21.4. The van der Waals surface area contributed by atoms with E-state index in [0.717, 1.165) is 5.56 Å². The van der Waals surface area contributed by atoms with Crippen molar-refractivity contribution in [2.45, 2.75) is 6.92 Å². The summed E-state index contributed by atoms with van der Waals surface area (Å²) in [5.74, 6) is -0.168. The standard InChI is InChI=1S/C14H12N2O4/c1-9(17)16-15-8-12-6-7-13(20-12)10-2-4-11(5-3-10)14(18)19/h2-8H,1H3,(H,16,17)(H,18,19)/b15-8-. The molecule has 102 valence electrons. The second-order valence-electron chi connectivity index (χ2n) is 4.01. The Morgan fingerprint density at radius 2 is 1.90 bits per heavy atom. The van der Waals surface area contributed by atoms with Crippen LogP contribution in [0, 0.1) is 0 Å². The van der Waals surface area contributed by atoms with Crippen molar-refractivity contribution in [2.24, 2.45) is 5.10 Å². The molecule has 0 fully saturated rings.